The number of anilines is 1. The zero-order valence-electron chi connectivity index (χ0n) is 17.6. The first-order chi connectivity index (χ1) is 13.7. The minimum Gasteiger partial charge on any atom is -0.481 e. The average Bonchev–Trinajstić information content (AvgIpc) is 3.03. The molecule has 1 aliphatic rings. The Bertz CT molecular complexity index is 957. The van der Waals surface area contributed by atoms with Crippen molar-refractivity contribution < 1.29 is 14.7 Å². The van der Waals surface area contributed by atoms with Gasteiger partial charge in [-0.1, -0.05) is 49.3 Å². The molecule has 0 aliphatic heterocycles. The van der Waals surface area contributed by atoms with Gasteiger partial charge in [0.2, 0.25) is 5.91 Å². The van der Waals surface area contributed by atoms with E-state index in [9.17, 15) is 14.7 Å². The van der Waals surface area contributed by atoms with E-state index in [1.54, 1.807) is 0 Å². The molecule has 154 valence electrons. The molecule has 0 bridgehead atoms. The molecule has 0 saturated carbocycles. The number of hydrogen-bond donors (Lipinski definition) is 2. The Labute approximate surface area is 175 Å². The number of thiazole rings is 1. The third kappa shape index (κ3) is 4.58. The van der Waals surface area contributed by atoms with Gasteiger partial charge in [0.1, 0.15) is 0 Å². The lowest BCUT2D eigenvalue weighted by molar-refractivity contribution is -0.146. The summed E-state index contributed by atoms with van der Waals surface area (Å²) >= 11 is 1.42. The maximum Gasteiger partial charge on any atom is 0.307 e. The zero-order chi connectivity index (χ0) is 21.3. The minimum absolute atomic E-state index is 0.264. The second-order valence-electron chi connectivity index (χ2n) is 8.21. The van der Waals surface area contributed by atoms with Gasteiger partial charge in [0.25, 0.3) is 0 Å². The predicted molar refractivity (Wildman–Crippen MR) is 117 cm³/mol. The molecule has 2 atom stereocenters. The van der Waals surface area contributed by atoms with E-state index in [1.165, 1.54) is 16.9 Å². The van der Waals surface area contributed by atoms with Crippen molar-refractivity contribution in [3.05, 3.63) is 45.9 Å². The van der Waals surface area contributed by atoms with Crippen LogP contribution in [0.1, 0.15) is 56.9 Å². The summed E-state index contributed by atoms with van der Waals surface area (Å²) in [5.74, 6) is -1.98. The quantitative estimate of drug-likeness (QED) is 0.624. The number of amides is 1. The molecule has 5 nitrogen and oxygen atoms in total. The van der Waals surface area contributed by atoms with Crippen molar-refractivity contribution in [1.29, 1.82) is 0 Å². The first kappa shape index (κ1) is 21.2. The molecule has 1 aliphatic carbocycles. The number of aromatic nitrogens is 1. The molecule has 0 fully saturated rings. The van der Waals surface area contributed by atoms with Crippen molar-refractivity contribution >= 4 is 28.3 Å². The maximum absolute atomic E-state index is 12.9. The number of rotatable bonds is 5. The van der Waals surface area contributed by atoms with Gasteiger partial charge < -0.3 is 10.4 Å². The molecule has 0 saturated heterocycles. The summed E-state index contributed by atoms with van der Waals surface area (Å²) < 4.78 is 0. The van der Waals surface area contributed by atoms with Crippen molar-refractivity contribution in [1.82, 2.24) is 4.98 Å². The molecular formula is C23H28N2O3S. The van der Waals surface area contributed by atoms with Gasteiger partial charge >= 0.3 is 5.97 Å². The number of hydrogen-bond acceptors (Lipinski definition) is 4. The normalized spacial score (nSPS) is 19.5. The summed E-state index contributed by atoms with van der Waals surface area (Å²) in [5, 5.41) is 13.0. The first-order valence-electron chi connectivity index (χ1n) is 9.94. The Morgan fingerprint density at radius 2 is 1.66 bits per heavy atom. The maximum atomic E-state index is 12.9. The van der Waals surface area contributed by atoms with Crippen LogP contribution in [0.4, 0.5) is 5.13 Å². The van der Waals surface area contributed by atoms with Crippen molar-refractivity contribution in [3.63, 3.8) is 0 Å². The van der Waals surface area contributed by atoms with Gasteiger partial charge in [-0.3, -0.25) is 9.59 Å². The average molecular weight is 413 g/mol. The second-order valence-corrected chi connectivity index (χ2v) is 9.41. The van der Waals surface area contributed by atoms with Crippen LogP contribution in [0.3, 0.4) is 0 Å². The summed E-state index contributed by atoms with van der Waals surface area (Å²) in [6.07, 6.45) is 0.895. The number of carboxylic acids is 1. The zero-order valence-corrected chi connectivity index (χ0v) is 18.4. The minimum atomic E-state index is -0.918. The van der Waals surface area contributed by atoms with E-state index in [-0.39, 0.29) is 5.91 Å². The molecular weight excluding hydrogens is 384 g/mol. The standard InChI is InChI=1S/C23H28N2O3S/c1-12(2)16-6-8-17(9-7-16)20-15(5)29-23(24-20)25-21(26)18-10-13(3)14(4)11-19(18)22(27)28/h6-9,12,18-19H,10-11H2,1-5H3,(H,27,28)(H,24,25,26)/t18-,19-/m1/s1. The Hall–Kier alpha value is -2.47. The number of aliphatic carboxylic acids is 1. The van der Waals surface area contributed by atoms with Crippen LogP contribution >= 0.6 is 11.3 Å². The number of nitrogens with zero attached hydrogens (tertiary/aromatic N) is 1. The lowest BCUT2D eigenvalue weighted by atomic mass is 9.76. The summed E-state index contributed by atoms with van der Waals surface area (Å²) in [7, 11) is 0. The number of carbonyl (C=O) groups is 2. The Balaban J connectivity index is 1.79. The van der Waals surface area contributed by atoms with Gasteiger partial charge in [-0.2, -0.15) is 0 Å². The fourth-order valence-corrected chi connectivity index (χ4v) is 4.61. The van der Waals surface area contributed by atoms with Crippen molar-refractivity contribution in [2.75, 3.05) is 5.32 Å². The second kappa shape index (κ2) is 8.49. The molecule has 29 heavy (non-hydrogen) atoms. The first-order valence-corrected chi connectivity index (χ1v) is 10.8. The monoisotopic (exact) mass is 412 g/mol. The predicted octanol–water partition coefficient (Wildman–Crippen LogP) is 5.63. The Morgan fingerprint density at radius 1 is 1.07 bits per heavy atom. The highest BCUT2D eigenvalue weighted by Crippen LogP contribution is 2.36. The van der Waals surface area contributed by atoms with Crippen LogP contribution in [0.15, 0.2) is 35.4 Å². The molecule has 1 amide bonds. The third-order valence-electron chi connectivity index (χ3n) is 5.80. The largest absolute Gasteiger partial charge is 0.481 e. The van der Waals surface area contributed by atoms with Gasteiger partial charge in [0.15, 0.2) is 5.13 Å². The van der Waals surface area contributed by atoms with Crippen LogP contribution in [0.5, 0.6) is 0 Å². The van der Waals surface area contributed by atoms with Crippen LogP contribution < -0.4 is 5.32 Å². The number of benzene rings is 1. The molecule has 0 radical (unpaired) electrons. The number of nitrogens with one attached hydrogen (secondary N) is 1. The number of carbonyl (C=O) groups excluding carboxylic acids is 1. The molecule has 2 N–H and O–H groups in total. The summed E-state index contributed by atoms with van der Waals surface area (Å²) in [6.45, 7) is 10.2. The van der Waals surface area contributed by atoms with Crippen molar-refractivity contribution in [2.24, 2.45) is 11.8 Å². The van der Waals surface area contributed by atoms with Crippen molar-refractivity contribution in [2.45, 2.75) is 53.4 Å². The van der Waals surface area contributed by atoms with Crippen LogP contribution in [0, 0.1) is 18.8 Å². The fourth-order valence-electron chi connectivity index (χ4n) is 3.77. The van der Waals surface area contributed by atoms with Gasteiger partial charge in [-0.25, -0.2) is 4.98 Å². The molecule has 1 heterocycles. The summed E-state index contributed by atoms with van der Waals surface area (Å²) in [6, 6.07) is 8.32. The van der Waals surface area contributed by atoms with E-state index in [0.717, 1.165) is 27.3 Å². The smallest absolute Gasteiger partial charge is 0.307 e. The van der Waals surface area contributed by atoms with E-state index in [1.807, 2.05) is 20.8 Å². The highest BCUT2D eigenvalue weighted by atomic mass is 32.1. The Kier molecular flexibility index (Phi) is 6.22. The number of aryl methyl sites for hydroxylation is 1. The molecule has 2 aromatic rings. The number of carboxylic acid groups (broad SMARTS) is 1. The summed E-state index contributed by atoms with van der Waals surface area (Å²) in [5.41, 5.74) is 5.30. The van der Waals surface area contributed by atoms with E-state index in [2.05, 4.69) is 48.4 Å². The van der Waals surface area contributed by atoms with Crippen LogP contribution in [0.25, 0.3) is 11.3 Å². The van der Waals surface area contributed by atoms with Crippen LogP contribution in [-0.4, -0.2) is 22.0 Å². The lowest BCUT2D eigenvalue weighted by Gasteiger charge is -2.29. The van der Waals surface area contributed by atoms with E-state index >= 15 is 0 Å². The topological polar surface area (TPSA) is 79.3 Å². The fraction of sp³-hybridized carbons (Fsp3) is 0.435. The highest BCUT2D eigenvalue weighted by Gasteiger charge is 2.37. The third-order valence-corrected chi connectivity index (χ3v) is 6.68. The van der Waals surface area contributed by atoms with E-state index in [4.69, 9.17) is 0 Å². The van der Waals surface area contributed by atoms with Gasteiger partial charge in [-0.05, 0) is 45.1 Å². The van der Waals surface area contributed by atoms with E-state index in [0.29, 0.717) is 23.9 Å². The molecule has 0 unspecified atom stereocenters. The van der Waals surface area contributed by atoms with Gasteiger partial charge in [0.05, 0.1) is 17.5 Å². The van der Waals surface area contributed by atoms with Crippen LogP contribution in [0.2, 0.25) is 0 Å². The van der Waals surface area contributed by atoms with Gasteiger partial charge in [-0.15, -0.1) is 11.3 Å². The number of allylic oxidation sites excluding steroid dienone is 2. The SMILES string of the molecule is CC1=C(C)C[C@@H](C(=O)Nc2nc(-c3ccc(C(C)C)cc3)c(C)s2)[C@H](C(=O)O)C1. The highest BCUT2D eigenvalue weighted by molar-refractivity contribution is 7.16. The lowest BCUT2D eigenvalue weighted by Crippen LogP contribution is -2.36. The molecule has 0 spiro atoms. The van der Waals surface area contributed by atoms with Crippen molar-refractivity contribution in [3.8, 4) is 11.3 Å². The molecule has 6 heteroatoms. The Morgan fingerprint density at radius 3 is 2.21 bits per heavy atom. The molecule has 1 aromatic carbocycles. The van der Waals surface area contributed by atoms with Gasteiger partial charge in [0, 0.05) is 10.4 Å². The molecule has 3 rings (SSSR count). The summed E-state index contributed by atoms with van der Waals surface area (Å²) in [4.78, 5) is 30.2. The molecule has 1 aromatic heterocycles. The van der Waals surface area contributed by atoms with E-state index < -0.39 is 17.8 Å². The van der Waals surface area contributed by atoms with Crippen LogP contribution in [-0.2, 0) is 9.59 Å².